The molecule has 1 saturated carbocycles. The quantitative estimate of drug-likeness (QED) is 0.926. The van der Waals surface area contributed by atoms with Crippen molar-refractivity contribution < 1.29 is 14.3 Å². The van der Waals surface area contributed by atoms with Gasteiger partial charge in [-0.1, -0.05) is 15.9 Å². The number of hydrogen-bond acceptors (Lipinski definition) is 1. The average molecular weight is 287 g/mol. The van der Waals surface area contributed by atoms with E-state index >= 15 is 0 Å². The fourth-order valence-electron chi connectivity index (χ4n) is 2.12. The number of carboxylic acids is 1. The third kappa shape index (κ3) is 2.26. The molecule has 86 valence electrons. The molecule has 0 heterocycles. The van der Waals surface area contributed by atoms with Gasteiger partial charge >= 0.3 is 5.97 Å². The molecular formula is C12H12BrFO2. The Kier molecular flexibility index (Phi) is 3.28. The molecule has 1 aromatic rings. The molecule has 0 aromatic heterocycles. The van der Waals surface area contributed by atoms with Crippen LogP contribution in [0.3, 0.4) is 0 Å². The smallest absolute Gasteiger partial charge is 0.306 e. The Labute approximate surface area is 102 Å². The van der Waals surface area contributed by atoms with Crippen molar-refractivity contribution in [2.75, 3.05) is 0 Å². The molecule has 1 aromatic carbocycles. The lowest BCUT2D eigenvalue weighted by Crippen LogP contribution is -2.34. The lowest BCUT2D eigenvalue weighted by molar-refractivity contribution is -0.147. The summed E-state index contributed by atoms with van der Waals surface area (Å²) in [6.45, 7) is 0. The van der Waals surface area contributed by atoms with Crippen LogP contribution in [-0.4, -0.2) is 11.1 Å². The maximum atomic E-state index is 13.5. The molecule has 0 radical (unpaired) electrons. The van der Waals surface area contributed by atoms with Gasteiger partial charge in [0.1, 0.15) is 5.82 Å². The monoisotopic (exact) mass is 286 g/mol. The normalized spacial score (nSPS) is 23.9. The highest BCUT2D eigenvalue weighted by molar-refractivity contribution is 9.10. The molecule has 1 aliphatic rings. The number of carboxylic acid groups (broad SMARTS) is 1. The molecule has 2 unspecified atom stereocenters. The van der Waals surface area contributed by atoms with E-state index < -0.39 is 5.97 Å². The van der Waals surface area contributed by atoms with Gasteiger partial charge in [-0.3, -0.25) is 4.79 Å². The van der Waals surface area contributed by atoms with Crippen LogP contribution < -0.4 is 0 Å². The first-order valence-corrected chi connectivity index (χ1v) is 6.04. The fraction of sp³-hybridized carbons (Fsp3) is 0.417. The van der Waals surface area contributed by atoms with Crippen molar-refractivity contribution in [2.45, 2.75) is 19.3 Å². The summed E-state index contributed by atoms with van der Waals surface area (Å²) in [5.74, 6) is -1.22. The molecule has 0 aliphatic heterocycles. The lowest BCUT2D eigenvalue weighted by atomic mass is 9.71. The molecule has 2 rings (SSSR count). The van der Waals surface area contributed by atoms with Crippen LogP contribution in [0.4, 0.5) is 4.39 Å². The van der Waals surface area contributed by atoms with Gasteiger partial charge in [0.05, 0.1) is 5.92 Å². The maximum Gasteiger partial charge on any atom is 0.306 e. The third-order valence-corrected chi connectivity index (χ3v) is 3.72. The minimum absolute atomic E-state index is 0.0845. The second-order valence-electron chi connectivity index (χ2n) is 4.22. The van der Waals surface area contributed by atoms with Gasteiger partial charge in [0.25, 0.3) is 0 Å². The summed E-state index contributed by atoms with van der Waals surface area (Å²) in [6, 6.07) is 4.79. The number of carbonyl (C=O) groups is 1. The van der Waals surface area contributed by atoms with Gasteiger partial charge in [-0.2, -0.15) is 0 Å². The van der Waals surface area contributed by atoms with Crippen LogP contribution in [0.1, 0.15) is 18.4 Å². The zero-order valence-corrected chi connectivity index (χ0v) is 10.2. The van der Waals surface area contributed by atoms with Crippen molar-refractivity contribution >= 4 is 21.9 Å². The predicted octanol–water partition coefficient (Wildman–Crippen LogP) is 3.24. The van der Waals surface area contributed by atoms with E-state index in [1.54, 1.807) is 12.1 Å². The standard InChI is InChI=1S/C12H12BrFO2/c13-9-2-4-11(14)8(6-9)5-7-1-3-10(7)12(15)16/h2,4,6-7,10H,1,3,5H2,(H,15,16). The molecule has 2 atom stereocenters. The van der Waals surface area contributed by atoms with Crippen LogP contribution in [0.15, 0.2) is 22.7 Å². The Morgan fingerprint density at radius 2 is 2.25 bits per heavy atom. The molecule has 1 N–H and O–H groups in total. The van der Waals surface area contributed by atoms with Gasteiger partial charge in [0.15, 0.2) is 0 Å². The second-order valence-corrected chi connectivity index (χ2v) is 5.14. The first kappa shape index (κ1) is 11.6. The Balaban J connectivity index is 2.09. The van der Waals surface area contributed by atoms with Crippen LogP contribution in [0.5, 0.6) is 0 Å². The highest BCUT2D eigenvalue weighted by Crippen LogP contribution is 2.37. The molecular weight excluding hydrogens is 275 g/mol. The largest absolute Gasteiger partial charge is 0.481 e. The Bertz CT molecular complexity index is 419. The lowest BCUT2D eigenvalue weighted by Gasteiger charge is -2.33. The van der Waals surface area contributed by atoms with Gasteiger partial charge in [-0.05, 0) is 48.9 Å². The van der Waals surface area contributed by atoms with Crippen LogP contribution in [0.25, 0.3) is 0 Å². The Hall–Kier alpha value is -0.900. The second kappa shape index (κ2) is 4.53. The molecule has 2 nitrogen and oxygen atoms in total. The predicted molar refractivity (Wildman–Crippen MR) is 61.7 cm³/mol. The topological polar surface area (TPSA) is 37.3 Å². The van der Waals surface area contributed by atoms with Gasteiger partial charge in [0, 0.05) is 4.47 Å². The van der Waals surface area contributed by atoms with Gasteiger partial charge in [-0.25, -0.2) is 4.39 Å². The van der Waals surface area contributed by atoms with Crippen molar-refractivity contribution in [3.05, 3.63) is 34.1 Å². The first-order valence-electron chi connectivity index (χ1n) is 5.24. The average Bonchev–Trinajstić information content (AvgIpc) is 2.16. The van der Waals surface area contributed by atoms with Crippen LogP contribution in [-0.2, 0) is 11.2 Å². The summed E-state index contributed by atoms with van der Waals surface area (Å²) >= 11 is 3.29. The SMILES string of the molecule is O=C(O)C1CCC1Cc1cc(Br)ccc1F. The molecule has 4 heteroatoms. The first-order chi connectivity index (χ1) is 7.58. The van der Waals surface area contributed by atoms with E-state index in [1.807, 2.05) is 0 Å². The van der Waals surface area contributed by atoms with Crippen molar-refractivity contribution in [1.29, 1.82) is 0 Å². The highest BCUT2D eigenvalue weighted by Gasteiger charge is 2.36. The zero-order valence-electron chi connectivity index (χ0n) is 8.62. The van der Waals surface area contributed by atoms with Crippen LogP contribution >= 0.6 is 15.9 Å². The third-order valence-electron chi connectivity index (χ3n) is 3.22. The molecule has 0 spiro atoms. The zero-order chi connectivity index (χ0) is 11.7. The minimum Gasteiger partial charge on any atom is -0.481 e. The fourth-order valence-corrected chi connectivity index (χ4v) is 2.53. The summed E-state index contributed by atoms with van der Waals surface area (Å²) in [6.07, 6.45) is 2.11. The Morgan fingerprint density at radius 3 is 2.81 bits per heavy atom. The summed E-state index contributed by atoms with van der Waals surface area (Å²) in [7, 11) is 0. The van der Waals surface area contributed by atoms with Crippen molar-refractivity contribution in [3.8, 4) is 0 Å². The number of hydrogen-bond donors (Lipinski definition) is 1. The number of halogens is 2. The minimum atomic E-state index is -0.758. The molecule has 16 heavy (non-hydrogen) atoms. The van der Waals surface area contributed by atoms with Crippen LogP contribution in [0, 0.1) is 17.7 Å². The van der Waals surface area contributed by atoms with E-state index in [0.717, 1.165) is 17.3 Å². The van der Waals surface area contributed by atoms with E-state index in [2.05, 4.69) is 15.9 Å². The summed E-state index contributed by atoms with van der Waals surface area (Å²) < 4.78 is 14.3. The van der Waals surface area contributed by atoms with E-state index in [0.29, 0.717) is 12.0 Å². The molecule has 1 fully saturated rings. The Morgan fingerprint density at radius 1 is 1.50 bits per heavy atom. The van der Waals surface area contributed by atoms with Gasteiger partial charge in [0.2, 0.25) is 0 Å². The van der Waals surface area contributed by atoms with Crippen molar-refractivity contribution in [1.82, 2.24) is 0 Å². The summed E-state index contributed by atoms with van der Waals surface area (Å²) in [4.78, 5) is 10.8. The molecule has 0 amide bonds. The molecule has 1 aliphatic carbocycles. The number of aliphatic carboxylic acids is 1. The molecule has 0 bridgehead atoms. The number of benzene rings is 1. The van der Waals surface area contributed by atoms with Crippen molar-refractivity contribution in [2.24, 2.45) is 11.8 Å². The number of rotatable bonds is 3. The summed E-state index contributed by atoms with van der Waals surface area (Å²) in [5.41, 5.74) is 0.602. The van der Waals surface area contributed by atoms with E-state index in [-0.39, 0.29) is 17.7 Å². The van der Waals surface area contributed by atoms with Gasteiger partial charge < -0.3 is 5.11 Å². The summed E-state index contributed by atoms with van der Waals surface area (Å²) in [5, 5.41) is 8.90. The van der Waals surface area contributed by atoms with E-state index in [1.165, 1.54) is 6.07 Å². The maximum absolute atomic E-state index is 13.5. The molecule has 0 saturated heterocycles. The van der Waals surface area contributed by atoms with Crippen LogP contribution in [0.2, 0.25) is 0 Å². The van der Waals surface area contributed by atoms with E-state index in [9.17, 15) is 9.18 Å². The van der Waals surface area contributed by atoms with Gasteiger partial charge in [-0.15, -0.1) is 0 Å². The highest BCUT2D eigenvalue weighted by atomic mass is 79.9. The van der Waals surface area contributed by atoms with E-state index in [4.69, 9.17) is 5.11 Å². The van der Waals surface area contributed by atoms with Crippen molar-refractivity contribution in [3.63, 3.8) is 0 Å².